The lowest BCUT2D eigenvalue weighted by molar-refractivity contribution is 0.112. The minimum absolute atomic E-state index is 0.819. The molecule has 0 radical (unpaired) electrons. The smallest absolute Gasteiger partial charge is 0.150 e. The Morgan fingerprint density at radius 1 is 0.386 bits per heavy atom. The van der Waals surface area contributed by atoms with Crippen molar-refractivity contribution < 1.29 is 9.53 Å². The maximum atomic E-state index is 12.4. The Bertz CT molecular complexity index is 1730. The van der Waals surface area contributed by atoms with Gasteiger partial charge in [0.15, 0.2) is 0 Å². The number of carbonyl (C=O) groups excluding carboxylic acids is 1. The number of unbranched alkanes of at least 4 members (excludes halogenated alkanes) is 39. The molecule has 0 saturated carbocycles. The van der Waals surface area contributed by atoms with Crippen molar-refractivity contribution in [2.45, 2.75) is 303 Å². The summed E-state index contributed by atoms with van der Waals surface area (Å²) in [6.07, 6.45) is 60.2. The van der Waals surface area contributed by atoms with E-state index in [0.29, 0.717) is 0 Å². The molecule has 0 aliphatic carbocycles. The predicted octanol–water partition coefficient (Wildman–Crippen LogP) is 20.3. The van der Waals surface area contributed by atoms with E-state index in [-0.39, 0.29) is 0 Å². The molecule has 0 saturated heterocycles. The van der Waals surface area contributed by atoms with Crippen LogP contribution in [0.25, 0.3) is 11.1 Å². The Hall–Kier alpha value is -2.65. The SMILES string of the molecule is CCCCCCCCCCCCCCCCOc1ccc([Si]2(CCCCCCCCCCCCCCCC)c3ccccc3-c3ccc(C=O)cc32)cc1CCCCCCCCCCCCCCCC. The highest BCUT2D eigenvalue weighted by Crippen LogP contribution is 2.34. The first-order chi connectivity index (χ1) is 34.7. The highest BCUT2D eigenvalue weighted by atomic mass is 28.3. The lowest BCUT2D eigenvalue weighted by Gasteiger charge is -2.32. The predicted molar refractivity (Wildman–Crippen MR) is 313 cm³/mol. The molecule has 3 aromatic carbocycles. The topological polar surface area (TPSA) is 26.3 Å². The maximum absolute atomic E-state index is 12.4. The number of hydrogen-bond acceptors (Lipinski definition) is 2. The molecule has 3 aromatic rings. The molecule has 4 rings (SSSR count). The summed E-state index contributed by atoms with van der Waals surface area (Å²) in [6.45, 7) is 7.75. The number of aldehydes is 1. The third-order valence-corrected chi connectivity index (χ3v) is 21.4. The minimum atomic E-state index is -2.43. The Labute approximate surface area is 435 Å². The molecular formula is C67H110O2Si. The molecule has 0 fully saturated rings. The van der Waals surface area contributed by atoms with Crippen LogP contribution in [0, 0.1) is 0 Å². The first-order valence-corrected chi connectivity index (χ1v) is 33.4. The van der Waals surface area contributed by atoms with Gasteiger partial charge in [0.2, 0.25) is 0 Å². The van der Waals surface area contributed by atoms with Gasteiger partial charge in [-0.25, -0.2) is 0 Å². The van der Waals surface area contributed by atoms with E-state index >= 15 is 0 Å². The number of ether oxygens (including phenoxy) is 1. The van der Waals surface area contributed by atoms with Crippen molar-refractivity contribution in [2.24, 2.45) is 0 Å². The van der Waals surface area contributed by atoms with Gasteiger partial charge in [0.25, 0.3) is 0 Å². The van der Waals surface area contributed by atoms with Gasteiger partial charge < -0.3 is 4.74 Å². The molecule has 0 amide bonds. The molecule has 2 nitrogen and oxygen atoms in total. The van der Waals surface area contributed by atoms with Crippen molar-refractivity contribution in [2.75, 3.05) is 6.61 Å². The van der Waals surface area contributed by atoms with E-state index in [9.17, 15) is 4.79 Å². The summed E-state index contributed by atoms with van der Waals surface area (Å²) in [5.74, 6) is 1.13. The number of carbonyl (C=O) groups is 1. The monoisotopic (exact) mass is 975 g/mol. The van der Waals surface area contributed by atoms with Gasteiger partial charge in [-0.3, -0.25) is 4.79 Å². The van der Waals surface area contributed by atoms with Crippen LogP contribution in [0.3, 0.4) is 0 Å². The van der Waals surface area contributed by atoms with Gasteiger partial charge in [0.05, 0.1) is 6.61 Å². The average Bonchev–Trinajstić information content (AvgIpc) is 3.67. The maximum Gasteiger partial charge on any atom is 0.150 e. The molecular weight excluding hydrogens is 865 g/mol. The van der Waals surface area contributed by atoms with Crippen LogP contribution in [0.2, 0.25) is 6.04 Å². The lowest BCUT2D eigenvalue weighted by Crippen LogP contribution is -2.64. The van der Waals surface area contributed by atoms with Crippen molar-refractivity contribution in [3.8, 4) is 16.9 Å². The molecule has 70 heavy (non-hydrogen) atoms. The Kier molecular flexibility index (Phi) is 34.1. The van der Waals surface area contributed by atoms with E-state index in [0.717, 1.165) is 37.0 Å². The van der Waals surface area contributed by atoms with Gasteiger partial charge >= 0.3 is 0 Å². The third-order valence-electron chi connectivity index (χ3n) is 16.3. The van der Waals surface area contributed by atoms with Crippen LogP contribution in [0.1, 0.15) is 306 Å². The van der Waals surface area contributed by atoms with Crippen LogP contribution in [0.5, 0.6) is 5.75 Å². The van der Waals surface area contributed by atoms with Crippen molar-refractivity contribution in [3.05, 3.63) is 71.8 Å². The molecule has 0 aromatic heterocycles. The normalized spacial score (nSPS) is 14.0. The largest absolute Gasteiger partial charge is 0.493 e. The van der Waals surface area contributed by atoms with E-state index in [1.807, 2.05) is 0 Å². The summed E-state index contributed by atoms with van der Waals surface area (Å²) in [5, 5.41) is 4.55. The first-order valence-electron chi connectivity index (χ1n) is 31.1. The Morgan fingerprint density at radius 3 is 1.24 bits per heavy atom. The van der Waals surface area contributed by atoms with Gasteiger partial charge in [0.1, 0.15) is 20.1 Å². The Balaban J connectivity index is 1.38. The summed E-state index contributed by atoms with van der Waals surface area (Å²) in [5.41, 5.74) is 5.01. The quantitative estimate of drug-likeness (QED) is 0.0320. The second-order valence-corrected chi connectivity index (χ2v) is 26.3. The molecule has 1 aliphatic heterocycles. The van der Waals surface area contributed by atoms with Crippen LogP contribution in [0.15, 0.2) is 60.7 Å². The van der Waals surface area contributed by atoms with Gasteiger partial charge in [-0.2, -0.15) is 0 Å². The molecule has 0 bridgehead atoms. The zero-order chi connectivity index (χ0) is 49.4. The van der Waals surface area contributed by atoms with Crippen LogP contribution < -0.4 is 20.3 Å². The van der Waals surface area contributed by atoms with E-state index in [1.165, 1.54) is 296 Å². The van der Waals surface area contributed by atoms with Crippen molar-refractivity contribution >= 4 is 29.9 Å². The zero-order valence-electron chi connectivity index (χ0n) is 46.5. The molecule has 1 atom stereocenters. The second-order valence-electron chi connectivity index (χ2n) is 22.3. The molecule has 0 spiro atoms. The highest BCUT2D eigenvalue weighted by molar-refractivity contribution is 7.14. The van der Waals surface area contributed by atoms with Gasteiger partial charge in [-0.05, 0) is 63.6 Å². The van der Waals surface area contributed by atoms with Crippen LogP contribution in [-0.2, 0) is 6.42 Å². The molecule has 394 valence electrons. The molecule has 3 heteroatoms. The van der Waals surface area contributed by atoms with Crippen LogP contribution in [0.4, 0.5) is 0 Å². The number of benzene rings is 3. The molecule has 1 aliphatic rings. The summed E-state index contributed by atoms with van der Waals surface area (Å²) in [4.78, 5) is 12.4. The highest BCUT2D eigenvalue weighted by Gasteiger charge is 2.46. The summed E-state index contributed by atoms with van der Waals surface area (Å²) in [7, 11) is -2.43. The molecule has 0 N–H and O–H groups in total. The Morgan fingerprint density at radius 2 is 0.786 bits per heavy atom. The molecule has 1 unspecified atom stereocenters. The number of hydrogen-bond donors (Lipinski definition) is 0. The second kappa shape index (κ2) is 39.8. The third kappa shape index (κ3) is 23.0. The summed E-state index contributed by atoms with van der Waals surface area (Å²) < 4.78 is 6.80. The van der Waals surface area contributed by atoms with Gasteiger partial charge in [-0.15, -0.1) is 0 Å². The fourth-order valence-corrected chi connectivity index (χ4v) is 17.4. The average molecular weight is 976 g/mol. The zero-order valence-corrected chi connectivity index (χ0v) is 47.5. The van der Waals surface area contributed by atoms with E-state index < -0.39 is 8.07 Å². The molecule has 1 heterocycles. The number of aryl methyl sites for hydroxylation is 1. The van der Waals surface area contributed by atoms with Crippen molar-refractivity contribution in [1.29, 1.82) is 0 Å². The lowest BCUT2D eigenvalue weighted by atomic mass is 10.0. The van der Waals surface area contributed by atoms with Crippen LogP contribution >= 0.6 is 0 Å². The summed E-state index contributed by atoms with van der Waals surface area (Å²) in [6, 6.07) is 24.6. The minimum Gasteiger partial charge on any atom is -0.493 e. The standard InChI is InChI=1S/C67H110O2Si/c1-4-7-10-13-16-19-22-25-28-31-34-37-40-43-48-61-58-62(52-54-65(61)69-55-46-41-38-35-32-29-26-23-20-17-14-11-8-5-2)70(56-47-42-39-36-33-30-27-24-21-18-15-12-9-6-3)66-50-45-44-49-63(66)64-53-51-60(59-68)57-67(64)70/h44-45,49-54,57-59H,4-43,46-48,55-56H2,1-3H3. The van der Waals surface area contributed by atoms with Crippen molar-refractivity contribution in [3.63, 3.8) is 0 Å². The van der Waals surface area contributed by atoms with Gasteiger partial charge in [-0.1, -0.05) is 332 Å². The van der Waals surface area contributed by atoms with Gasteiger partial charge in [0, 0.05) is 5.56 Å². The van der Waals surface area contributed by atoms with E-state index in [1.54, 1.807) is 5.19 Å². The fraction of sp³-hybridized carbons (Fsp3) is 0.716. The van der Waals surface area contributed by atoms with E-state index in [4.69, 9.17) is 4.74 Å². The first kappa shape index (κ1) is 59.9. The summed E-state index contributed by atoms with van der Waals surface area (Å²) >= 11 is 0. The van der Waals surface area contributed by atoms with E-state index in [2.05, 4.69) is 81.4 Å². The van der Waals surface area contributed by atoms with Crippen LogP contribution in [-0.4, -0.2) is 21.0 Å². The number of fused-ring (bicyclic) bond motifs is 3. The fourth-order valence-electron chi connectivity index (χ4n) is 11.9. The number of rotatable bonds is 48. The van der Waals surface area contributed by atoms with Crippen molar-refractivity contribution in [1.82, 2.24) is 0 Å².